The van der Waals surface area contributed by atoms with Crippen molar-refractivity contribution in [3.05, 3.63) is 17.5 Å². The molecule has 0 spiro atoms. The lowest BCUT2D eigenvalue weighted by Crippen LogP contribution is -2.49. The Kier molecular flexibility index (Phi) is 6.36. The summed E-state index contributed by atoms with van der Waals surface area (Å²) in [5, 5.41) is 7.09. The van der Waals surface area contributed by atoms with Crippen LogP contribution in [0.4, 0.5) is 0 Å². The van der Waals surface area contributed by atoms with Gasteiger partial charge in [0.15, 0.2) is 0 Å². The minimum atomic E-state index is -3.46. The Hall–Kier alpha value is -1.45. The Morgan fingerprint density at radius 1 is 1.38 bits per heavy atom. The summed E-state index contributed by atoms with van der Waals surface area (Å²) in [4.78, 5) is 23.9. The zero-order valence-electron chi connectivity index (χ0n) is 13.8. The van der Waals surface area contributed by atoms with Gasteiger partial charge in [-0.05, 0) is 38.1 Å². The minimum Gasteiger partial charge on any atom is -0.355 e. The fourth-order valence-corrected chi connectivity index (χ4v) is 5.23. The van der Waals surface area contributed by atoms with Crippen molar-refractivity contribution in [1.29, 1.82) is 0 Å². The highest BCUT2D eigenvalue weighted by Crippen LogP contribution is 2.26. The van der Waals surface area contributed by atoms with Gasteiger partial charge >= 0.3 is 0 Å². The first-order chi connectivity index (χ1) is 11.4. The molecule has 1 aliphatic heterocycles. The average Bonchev–Trinajstić information content (AvgIpc) is 3.10. The molecule has 2 amide bonds. The summed E-state index contributed by atoms with van der Waals surface area (Å²) >= 11 is 1.19. The van der Waals surface area contributed by atoms with Crippen molar-refractivity contribution in [2.45, 2.75) is 36.9 Å². The number of thiophene rings is 1. The molecule has 2 heterocycles. The van der Waals surface area contributed by atoms with E-state index in [1.807, 2.05) is 6.92 Å². The normalized spacial score (nSPS) is 18.1. The molecular formula is C15H23N3O4S2. The fourth-order valence-electron chi connectivity index (χ4n) is 2.62. The predicted octanol–water partition coefficient (Wildman–Crippen LogP) is 0.790. The Morgan fingerprint density at radius 3 is 2.58 bits per heavy atom. The molecule has 1 aromatic rings. The van der Waals surface area contributed by atoms with E-state index >= 15 is 0 Å². The number of rotatable bonds is 6. The van der Waals surface area contributed by atoms with Gasteiger partial charge in [-0.1, -0.05) is 6.07 Å². The van der Waals surface area contributed by atoms with Gasteiger partial charge in [0.05, 0.1) is 0 Å². The van der Waals surface area contributed by atoms with Crippen LogP contribution in [0.1, 0.15) is 26.7 Å². The van der Waals surface area contributed by atoms with Crippen molar-refractivity contribution >= 4 is 33.2 Å². The van der Waals surface area contributed by atoms with Crippen molar-refractivity contribution in [2.24, 2.45) is 5.92 Å². The molecule has 134 valence electrons. The Bertz CT molecular complexity index is 665. The minimum absolute atomic E-state index is 0.193. The molecule has 1 saturated heterocycles. The second-order valence-corrected chi connectivity index (χ2v) is 8.85. The van der Waals surface area contributed by atoms with Crippen molar-refractivity contribution < 1.29 is 18.0 Å². The van der Waals surface area contributed by atoms with Gasteiger partial charge in [0.25, 0.3) is 10.0 Å². The van der Waals surface area contributed by atoms with E-state index in [2.05, 4.69) is 10.6 Å². The van der Waals surface area contributed by atoms with Gasteiger partial charge in [0.1, 0.15) is 10.3 Å². The second-order valence-electron chi connectivity index (χ2n) is 5.74. The van der Waals surface area contributed by atoms with E-state index in [9.17, 15) is 18.0 Å². The summed E-state index contributed by atoms with van der Waals surface area (Å²) in [6.07, 6.45) is 0.914. The maximum Gasteiger partial charge on any atom is 0.252 e. The number of carbonyl (C=O) groups excluding carboxylic acids is 2. The lowest BCUT2D eigenvalue weighted by Gasteiger charge is -2.30. The molecule has 1 aliphatic rings. The largest absolute Gasteiger partial charge is 0.355 e. The van der Waals surface area contributed by atoms with E-state index in [1.165, 1.54) is 15.6 Å². The summed E-state index contributed by atoms with van der Waals surface area (Å²) in [7, 11) is -3.46. The monoisotopic (exact) mass is 373 g/mol. The van der Waals surface area contributed by atoms with Crippen molar-refractivity contribution in [1.82, 2.24) is 14.9 Å². The highest BCUT2D eigenvalue weighted by Gasteiger charge is 2.33. The first kappa shape index (κ1) is 18.9. The molecule has 1 aromatic heterocycles. The first-order valence-electron chi connectivity index (χ1n) is 7.98. The van der Waals surface area contributed by atoms with Gasteiger partial charge in [-0.3, -0.25) is 9.59 Å². The molecule has 7 nitrogen and oxygen atoms in total. The van der Waals surface area contributed by atoms with E-state index in [-0.39, 0.29) is 17.7 Å². The van der Waals surface area contributed by atoms with Gasteiger partial charge in [-0.2, -0.15) is 4.31 Å². The molecule has 2 rings (SSSR count). The number of piperidine rings is 1. The third-order valence-corrected chi connectivity index (χ3v) is 7.29. The van der Waals surface area contributed by atoms with Crippen LogP contribution in [0.5, 0.6) is 0 Å². The summed E-state index contributed by atoms with van der Waals surface area (Å²) in [6, 6.07) is 2.71. The van der Waals surface area contributed by atoms with Gasteiger partial charge in [-0.25, -0.2) is 8.42 Å². The first-order valence-corrected chi connectivity index (χ1v) is 10.3. The molecular weight excluding hydrogens is 350 g/mol. The van der Waals surface area contributed by atoms with Crippen LogP contribution in [0.15, 0.2) is 21.7 Å². The fraction of sp³-hybridized carbons (Fsp3) is 0.600. The zero-order valence-corrected chi connectivity index (χ0v) is 15.5. The topological polar surface area (TPSA) is 95.6 Å². The van der Waals surface area contributed by atoms with Crippen molar-refractivity contribution in [3.63, 3.8) is 0 Å². The van der Waals surface area contributed by atoms with E-state index < -0.39 is 16.1 Å². The number of hydrogen-bond acceptors (Lipinski definition) is 5. The van der Waals surface area contributed by atoms with Crippen LogP contribution < -0.4 is 10.6 Å². The molecule has 0 unspecified atom stereocenters. The molecule has 2 N–H and O–H groups in total. The molecule has 0 aromatic carbocycles. The second kappa shape index (κ2) is 8.09. The zero-order chi connectivity index (χ0) is 17.7. The van der Waals surface area contributed by atoms with Crippen LogP contribution in [-0.2, 0) is 19.6 Å². The van der Waals surface area contributed by atoms with E-state index in [0.717, 1.165) is 0 Å². The predicted molar refractivity (Wildman–Crippen MR) is 92.1 cm³/mol. The van der Waals surface area contributed by atoms with Gasteiger partial charge in [-0.15, -0.1) is 11.3 Å². The Labute approximate surface area is 146 Å². The number of nitrogens with one attached hydrogen (secondary N) is 2. The standard InChI is InChI=1S/C15H23N3O4S2/c1-3-16-14(19)11(2)17-15(20)12-6-8-18(9-7-12)24(21,22)13-5-4-10-23-13/h4-5,10-12H,3,6-9H2,1-2H3,(H,16,19)(H,17,20)/t11-/m0/s1. The number of likely N-dealkylation sites (N-methyl/N-ethyl adjacent to an activating group) is 1. The third-order valence-electron chi connectivity index (χ3n) is 4.02. The summed E-state index contributed by atoms with van der Waals surface area (Å²) in [5.74, 6) is -0.679. The van der Waals surface area contributed by atoms with E-state index in [1.54, 1.807) is 24.4 Å². The van der Waals surface area contributed by atoms with Crippen LogP contribution >= 0.6 is 11.3 Å². The quantitative estimate of drug-likeness (QED) is 0.771. The lowest BCUT2D eigenvalue weighted by atomic mass is 9.97. The molecule has 0 saturated carbocycles. The van der Waals surface area contributed by atoms with Crippen molar-refractivity contribution in [3.8, 4) is 0 Å². The number of hydrogen-bond donors (Lipinski definition) is 2. The molecule has 9 heteroatoms. The van der Waals surface area contributed by atoms with Crippen LogP contribution in [0, 0.1) is 5.92 Å². The number of nitrogens with zero attached hydrogens (tertiary/aromatic N) is 1. The molecule has 0 radical (unpaired) electrons. The van der Waals surface area contributed by atoms with Crippen molar-refractivity contribution in [2.75, 3.05) is 19.6 Å². The average molecular weight is 374 g/mol. The number of carbonyl (C=O) groups is 2. The third kappa shape index (κ3) is 4.34. The summed E-state index contributed by atoms with van der Waals surface area (Å²) < 4.78 is 26.6. The van der Waals surface area contributed by atoms with Gasteiger partial charge in [0.2, 0.25) is 11.8 Å². The highest BCUT2D eigenvalue weighted by molar-refractivity contribution is 7.91. The smallest absolute Gasteiger partial charge is 0.252 e. The van der Waals surface area contributed by atoms with Crippen LogP contribution in [-0.4, -0.2) is 50.2 Å². The number of amides is 2. The van der Waals surface area contributed by atoms with Crippen LogP contribution in [0.25, 0.3) is 0 Å². The van der Waals surface area contributed by atoms with E-state index in [4.69, 9.17) is 0 Å². The highest BCUT2D eigenvalue weighted by atomic mass is 32.2. The summed E-state index contributed by atoms with van der Waals surface area (Å²) in [6.45, 7) is 4.59. The van der Waals surface area contributed by atoms with Crippen LogP contribution in [0.3, 0.4) is 0 Å². The summed E-state index contributed by atoms with van der Waals surface area (Å²) in [5.41, 5.74) is 0. The Balaban J connectivity index is 1.88. The maximum atomic E-state index is 12.4. The van der Waals surface area contributed by atoms with Gasteiger partial charge < -0.3 is 10.6 Å². The van der Waals surface area contributed by atoms with E-state index in [0.29, 0.717) is 36.7 Å². The molecule has 1 atom stereocenters. The van der Waals surface area contributed by atoms with Crippen LogP contribution in [0.2, 0.25) is 0 Å². The molecule has 1 fully saturated rings. The molecule has 0 aliphatic carbocycles. The lowest BCUT2D eigenvalue weighted by molar-refractivity contribution is -0.131. The molecule has 0 bridgehead atoms. The number of sulfonamides is 1. The molecule has 24 heavy (non-hydrogen) atoms. The van der Waals surface area contributed by atoms with Gasteiger partial charge in [0, 0.05) is 25.6 Å². The SMILES string of the molecule is CCNC(=O)[C@H](C)NC(=O)C1CCN(S(=O)(=O)c2cccs2)CC1. The Morgan fingerprint density at radius 2 is 2.04 bits per heavy atom. The maximum absolute atomic E-state index is 12.4.